The Labute approximate surface area is 225 Å². The molecule has 0 aliphatic heterocycles. The molecule has 0 saturated heterocycles. The lowest BCUT2D eigenvalue weighted by molar-refractivity contribution is -0.257. The van der Waals surface area contributed by atoms with Crippen molar-refractivity contribution in [2.45, 2.75) is 119 Å². The molecular formula is C32H51ClO3. The lowest BCUT2D eigenvalue weighted by Crippen LogP contribution is -2.68. The van der Waals surface area contributed by atoms with E-state index in [1.54, 1.807) is 6.92 Å². The number of esters is 1. The first-order valence-electron chi connectivity index (χ1n) is 14.8. The second kappa shape index (κ2) is 8.48. The van der Waals surface area contributed by atoms with Crippen molar-refractivity contribution in [3.05, 3.63) is 11.6 Å². The number of fused-ring (bicyclic) bond motifs is 7. The number of aliphatic hydroxyl groups excluding tert-OH is 1. The molecule has 4 heteroatoms. The zero-order valence-electron chi connectivity index (χ0n) is 24.1. The van der Waals surface area contributed by atoms with E-state index in [2.05, 4.69) is 54.5 Å². The molecule has 3 nitrogen and oxygen atoms in total. The number of aliphatic hydroxyl groups is 1. The Balaban J connectivity index is 1.51. The number of hydrogen-bond donors (Lipinski definition) is 1. The largest absolute Gasteiger partial charge is 0.462 e. The number of hydrogen-bond acceptors (Lipinski definition) is 3. The SMILES string of the molecule is CC(=O)OC1CCC2(C)C(CCC3(C)C2CCC2C4C(C)C(CCl)=CC(O)C4(C)CCC23C)C1(C)C. The summed E-state index contributed by atoms with van der Waals surface area (Å²) in [4.78, 5) is 11.9. The molecule has 5 aliphatic rings. The van der Waals surface area contributed by atoms with E-state index in [0.717, 1.165) is 19.3 Å². The number of allylic oxidation sites excluding steroid dienone is 1. The molecule has 0 aromatic heterocycles. The Bertz CT molecular complexity index is 942. The van der Waals surface area contributed by atoms with Crippen LogP contribution in [0.3, 0.4) is 0 Å². The van der Waals surface area contributed by atoms with E-state index in [1.165, 1.54) is 37.7 Å². The smallest absolute Gasteiger partial charge is 0.302 e. The Morgan fingerprint density at radius 1 is 0.944 bits per heavy atom. The maximum absolute atomic E-state index is 11.9. The topological polar surface area (TPSA) is 46.5 Å². The fraction of sp³-hybridized carbons (Fsp3) is 0.906. The summed E-state index contributed by atoms with van der Waals surface area (Å²) in [7, 11) is 0. The summed E-state index contributed by atoms with van der Waals surface area (Å²) in [5.41, 5.74) is 2.05. The van der Waals surface area contributed by atoms with E-state index < -0.39 is 0 Å². The van der Waals surface area contributed by atoms with Crippen LogP contribution >= 0.6 is 11.6 Å². The standard InChI is InChI=1S/C32H51ClO3/c1-19-21(18-33)17-25(35)30(6)15-16-31(7)22(27(19)30)9-10-24-29(5)13-12-26(36-20(2)34)28(3,4)23(29)11-14-32(24,31)8/h17,19,22-27,35H,9-16,18H2,1-8H3. The van der Waals surface area contributed by atoms with Gasteiger partial charge in [-0.1, -0.05) is 60.1 Å². The molecule has 0 aromatic carbocycles. The number of alkyl halides is 1. The van der Waals surface area contributed by atoms with Gasteiger partial charge in [0.1, 0.15) is 6.10 Å². The fourth-order valence-corrected chi connectivity index (χ4v) is 12.1. The molecule has 11 unspecified atom stereocenters. The second-order valence-corrected chi connectivity index (χ2v) is 15.5. The van der Waals surface area contributed by atoms with Gasteiger partial charge in [-0.25, -0.2) is 0 Å². The molecule has 0 bridgehead atoms. The number of halogens is 1. The number of carbonyl (C=O) groups excluding carboxylic acids is 1. The second-order valence-electron chi connectivity index (χ2n) is 15.3. The van der Waals surface area contributed by atoms with Crippen LogP contribution in [0.5, 0.6) is 0 Å². The normalized spacial score (nSPS) is 53.7. The zero-order valence-corrected chi connectivity index (χ0v) is 24.9. The van der Waals surface area contributed by atoms with Gasteiger partial charge < -0.3 is 9.84 Å². The van der Waals surface area contributed by atoms with E-state index >= 15 is 0 Å². The molecule has 204 valence electrons. The van der Waals surface area contributed by atoms with E-state index in [0.29, 0.717) is 40.9 Å². The van der Waals surface area contributed by atoms with Crippen LogP contribution in [0.2, 0.25) is 0 Å². The molecular weight excluding hydrogens is 468 g/mol. The number of ether oxygens (including phenoxy) is 1. The molecule has 0 aromatic rings. The number of carbonyl (C=O) groups is 1. The van der Waals surface area contributed by atoms with Gasteiger partial charge in [-0.3, -0.25) is 4.79 Å². The Morgan fingerprint density at radius 2 is 1.64 bits per heavy atom. The van der Waals surface area contributed by atoms with Crippen molar-refractivity contribution >= 4 is 17.6 Å². The highest BCUT2D eigenvalue weighted by Gasteiger charge is 2.70. The molecule has 5 aliphatic carbocycles. The molecule has 36 heavy (non-hydrogen) atoms. The van der Waals surface area contributed by atoms with Gasteiger partial charge in [-0.15, -0.1) is 11.6 Å². The van der Waals surface area contributed by atoms with Gasteiger partial charge in [-0.05, 0) is 97.2 Å². The summed E-state index contributed by atoms with van der Waals surface area (Å²) in [5.74, 6) is 3.22. The van der Waals surface area contributed by atoms with Crippen LogP contribution in [0.25, 0.3) is 0 Å². The minimum atomic E-state index is -0.381. The third-order valence-electron chi connectivity index (χ3n) is 13.9. The average Bonchev–Trinajstić information content (AvgIpc) is 2.79. The van der Waals surface area contributed by atoms with Gasteiger partial charge in [0.25, 0.3) is 0 Å². The first-order chi connectivity index (χ1) is 16.7. The van der Waals surface area contributed by atoms with E-state index in [-0.39, 0.29) is 39.8 Å². The summed E-state index contributed by atoms with van der Waals surface area (Å²) in [6, 6.07) is 0. The molecule has 1 N–H and O–H groups in total. The van der Waals surface area contributed by atoms with Crippen LogP contribution in [0.15, 0.2) is 11.6 Å². The van der Waals surface area contributed by atoms with Crippen LogP contribution in [0.4, 0.5) is 0 Å². The van der Waals surface area contributed by atoms with E-state index in [9.17, 15) is 9.90 Å². The van der Waals surface area contributed by atoms with Gasteiger partial charge in [-0.2, -0.15) is 0 Å². The first kappa shape index (κ1) is 27.0. The predicted molar refractivity (Wildman–Crippen MR) is 147 cm³/mol. The number of rotatable bonds is 2. The quantitative estimate of drug-likeness (QED) is 0.230. The van der Waals surface area contributed by atoms with Crippen LogP contribution in [0.1, 0.15) is 107 Å². The maximum atomic E-state index is 11.9. The molecule has 0 radical (unpaired) electrons. The summed E-state index contributed by atoms with van der Waals surface area (Å²) in [5, 5.41) is 11.3. The Kier molecular flexibility index (Phi) is 6.37. The molecule has 11 atom stereocenters. The zero-order chi connectivity index (χ0) is 26.5. The van der Waals surface area contributed by atoms with E-state index in [4.69, 9.17) is 16.3 Å². The van der Waals surface area contributed by atoms with Gasteiger partial charge in [0.2, 0.25) is 0 Å². The van der Waals surface area contributed by atoms with Gasteiger partial charge in [0.15, 0.2) is 0 Å². The van der Waals surface area contributed by atoms with Gasteiger partial charge in [0.05, 0.1) is 6.10 Å². The van der Waals surface area contributed by atoms with Gasteiger partial charge in [0, 0.05) is 23.6 Å². The highest BCUT2D eigenvalue weighted by Crippen LogP contribution is 2.76. The van der Waals surface area contributed by atoms with Crippen LogP contribution < -0.4 is 0 Å². The van der Waals surface area contributed by atoms with Crippen molar-refractivity contribution in [2.75, 3.05) is 5.88 Å². The van der Waals surface area contributed by atoms with Crippen LogP contribution in [-0.2, 0) is 9.53 Å². The van der Waals surface area contributed by atoms with Crippen molar-refractivity contribution in [1.29, 1.82) is 0 Å². The molecule has 0 heterocycles. The molecule has 5 rings (SSSR count). The third-order valence-corrected chi connectivity index (χ3v) is 14.2. The fourth-order valence-electron chi connectivity index (χ4n) is 11.8. The molecule has 0 amide bonds. The van der Waals surface area contributed by atoms with Crippen molar-refractivity contribution in [1.82, 2.24) is 0 Å². The predicted octanol–water partition coefficient (Wildman–Crippen LogP) is 7.79. The van der Waals surface area contributed by atoms with Crippen molar-refractivity contribution < 1.29 is 14.6 Å². The Hall–Kier alpha value is -0.540. The molecule has 4 saturated carbocycles. The minimum Gasteiger partial charge on any atom is -0.462 e. The highest BCUT2D eigenvalue weighted by molar-refractivity contribution is 6.19. The lowest BCUT2D eigenvalue weighted by Gasteiger charge is -2.73. The third kappa shape index (κ3) is 3.36. The van der Waals surface area contributed by atoms with Crippen LogP contribution in [0, 0.1) is 56.7 Å². The van der Waals surface area contributed by atoms with Crippen molar-refractivity contribution in [2.24, 2.45) is 56.7 Å². The summed E-state index contributed by atoms with van der Waals surface area (Å²) < 4.78 is 5.90. The lowest BCUT2D eigenvalue weighted by atomic mass is 9.31. The summed E-state index contributed by atoms with van der Waals surface area (Å²) >= 11 is 6.42. The van der Waals surface area contributed by atoms with E-state index in [1.807, 2.05) is 0 Å². The molecule has 4 fully saturated rings. The van der Waals surface area contributed by atoms with Gasteiger partial charge >= 0.3 is 5.97 Å². The summed E-state index contributed by atoms with van der Waals surface area (Å²) in [6.07, 6.45) is 11.3. The monoisotopic (exact) mass is 518 g/mol. The van der Waals surface area contributed by atoms with Crippen LogP contribution in [-0.4, -0.2) is 29.2 Å². The van der Waals surface area contributed by atoms with Crippen molar-refractivity contribution in [3.8, 4) is 0 Å². The minimum absolute atomic E-state index is 0.00489. The average molecular weight is 519 g/mol. The molecule has 0 spiro atoms. The first-order valence-corrected chi connectivity index (χ1v) is 15.3. The van der Waals surface area contributed by atoms with Crippen molar-refractivity contribution in [3.63, 3.8) is 0 Å². The maximum Gasteiger partial charge on any atom is 0.302 e. The Morgan fingerprint density at radius 3 is 2.28 bits per heavy atom. The highest BCUT2D eigenvalue weighted by atomic mass is 35.5. The summed E-state index contributed by atoms with van der Waals surface area (Å²) in [6.45, 7) is 19.0.